The zero-order valence-corrected chi connectivity index (χ0v) is 26.1. The van der Waals surface area contributed by atoms with E-state index in [1.54, 1.807) is 0 Å². The Bertz CT molecular complexity index is 792. The molecular formula is C33H62N6. The van der Waals surface area contributed by atoms with Crippen LogP contribution in [0.2, 0.25) is 0 Å². The lowest BCUT2D eigenvalue weighted by Gasteiger charge is -2.49. The SMILES string of the molecule is CC(C)N1CCC2(CCNC(C3CNCC34CCN(C(C)CCC(C)N3CCC5(CCCN5)CC3)CC4)C2)C1. The highest BCUT2D eigenvalue weighted by molar-refractivity contribution is 5.07. The van der Waals surface area contributed by atoms with Crippen LogP contribution in [-0.4, -0.2) is 110 Å². The predicted molar refractivity (Wildman–Crippen MR) is 163 cm³/mol. The van der Waals surface area contributed by atoms with Crippen LogP contribution in [0.25, 0.3) is 0 Å². The van der Waals surface area contributed by atoms with Gasteiger partial charge in [-0.3, -0.25) is 0 Å². The van der Waals surface area contributed by atoms with Crippen LogP contribution < -0.4 is 16.0 Å². The maximum atomic E-state index is 4.06. The second kappa shape index (κ2) is 11.8. The third-order valence-corrected chi connectivity index (χ3v) is 13.2. The Labute approximate surface area is 240 Å². The van der Waals surface area contributed by atoms with Crippen molar-refractivity contribution in [2.75, 3.05) is 65.4 Å². The van der Waals surface area contributed by atoms with Gasteiger partial charge in [-0.15, -0.1) is 0 Å². The van der Waals surface area contributed by atoms with Crippen LogP contribution in [0.1, 0.15) is 98.3 Å². The van der Waals surface area contributed by atoms with Gasteiger partial charge in [0.05, 0.1) is 0 Å². The van der Waals surface area contributed by atoms with Crippen molar-refractivity contribution in [3.8, 4) is 0 Å². The molecule has 0 aliphatic carbocycles. The fraction of sp³-hybridized carbons (Fsp3) is 1.00. The topological polar surface area (TPSA) is 45.8 Å². The molecule has 0 radical (unpaired) electrons. The minimum atomic E-state index is 0.499. The summed E-state index contributed by atoms with van der Waals surface area (Å²) in [6.45, 7) is 22.7. The van der Waals surface area contributed by atoms with Gasteiger partial charge < -0.3 is 30.7 Å². The van der Waals surface area contributed by atoms with Crippen molar-refractivity contribution in [3.05, 3.63) is 0 Å². The molecule has 6 nitrogen and oxygen atoms in total. The predicted octanol–water partition coefficient (Wildman–Crippen LogP) is 3.92. The van der Waals surface area contributed by atoms with E-state index >= 15 is 0 Å². The maximum Gasteiger partial charge on any atom is 0.0206 e. The van der Waals surface area contributed by atoms with Crippen molar-refractivity contribution in [1.29, 1.82) is 0 Å². The number of nitrogens with one attached hydrogen (secondary N) is 3. The number of piperidine rings is 3. The first-order chi connectivity index (χ1) is 18.8. The Morgan fingerprint density at radius 1 is 0.744 bits per heavy atom. The van der Waals surface area contributed by atoms with Crippen LogP contribution in [0.15, 0.2) is 0 Å². The molecule has 6 rings (SSSR count). The molecule has 0 aromatic rings. The highest BCUT2D eigenvalue weighted by Crippen LogP contribution is 2.49. The van der Waals surface area contributed by atoms with Crippen LogP contribution in [0.5, 0.6) is 0 Å². The summed E-state index contributed by atoms with van der Waals surface area (Å²) < 4.78 is 0. The summed E-state index contributed by atoms with van der Waals surface area (Å²) in [5, 5.41) is 11.8. The smallest absolute Gasteiger partial charge is 0.0206 e. The number of likely N-dealkylation sites (tertiary alicyclic amines) is 3. The van der Waals surface area contributed by atoms with E-state index in [2.05, 4.69) is 58.3 Å². The van der Waals surface area contributed by atoms with Gasteiger partial charge in [-0.05, 0) is 148 Å². The zero-order chi connectivity index (χ0) is 27.1. The Kier molecular flexibility index (Phi) is 8.73. The summed E-state index contributed by atoms with van der Waals surface area (Å²) >= 11 is 0. The van der Waals surface area contributed by atoms with Gasteiger partial charge in [0.1, 0.15) is 0 Å². The lowest BCUT2D eigenvalue weighted by atomic mass is 9.63. The van der Waals surface area contributed by atoms with Gasteiger partial charge in [-0.1, -0.05) is 0 Å². The molecule has 6 heterocycles. The molecular weight excluding hydrogens is 480 g/mol. The second-order valence-electron chi connectivity index (χ2n) is 15.6. The van der Waals surface area contributed by atoms with Crippen molar-refractivity contribution < 1.29 is 0 Å². The number of nitrogens with zero attached hydrogens (tertiary/aromatic N) is 3. The molecule has 3 N–H and O–H groups in total. The fourth-order valence-electron chi connectivity index (χ4n) is 10.1. The van der Waals surface area contributed by atoms with E-state index in [9.17, 15) is 0 Å². The lowest BCUT2D eigenvalue weighted by Crippen LogP contribution is -2.55. The normalized spacial score (nSPS) is 37.5. The quantitative estimate of drug-likeness (QED) is 0.453. The number of hydrogen-bond donors (Lipinski definition) is 3. The maximum absolute atomic E-state index is 4.06. The molecule has 6 saturated heterocycles. The second-order valence-corrected chi connectivity index (χ2v) is 15.6. The lowest BCUT2D eigenvalue weighted by molar-refractivity contribution is 0.0242. The molecule has 0 aromatic carbocycles. The Morgan fingerprint density at radius 3 is 2.03 bits per heavy atom. The van der Waals surface area contributed by atoms with Gasteiger partial charge >= 0.3 is 0 Å². The average molecular weight is 543 g/mol. The van der Waals surface area contributed by atoms with Crippen molar-refractivity contribution in [2.45, 2.75) is 128 Å². The summed E-state index contributed by atoms with van der Waals surface area (Å²) in [6.07, 6.45) is 15.3. The van der Waals surface area contributed by atoms with Crippen LogP contribution in [0.4, 0.5) is 0 Å². The first-order valence-electron chi connectivity index (χ1n) is 17.2. The van der Waals surface area contributed by atoms with Gasteiger partial charge in [-0.2, -0.15) is 0 Å². The summed E-state index contributed by atoms with van der Waals surface area (Å²) in [6, 6.07) is 2.88. The van der Waals surface area contributed by atoms with Gasteiger partial charge in [0.2, 0.25) is 0 Å². The van der Waals surface area contributed by atoms with E-state index < -0.39 is 0 Å². The van der Waals surface area contributed by atoms with Crippen molar-refractivity contribution in [2.24, 2.45) is 16.7 Å². The largest absolute Gasteiger partial charge is 0.316 e. The Morgan fingerprint density at radius 2 is 1.41 bits per heavy atom. The molecule has 6 heteroatoms. The first kappa shape index (κ1) is 28.9. The molecule has 0 saturated carbocycles. The minimum absolute atomic E-state index is 0.499. The number of hydrogen-bond acceptors (Lipinski definition) is 6. The van der Waals surface area contributed by atoms with Crippen molar-refractivity contribution >= 4 is 0 Å². The minimum Gasteiger partial charge on any atom is -0.316 e. The molecule has 6 aliphatic heterocycles. The molecule has 6 aliphatic rings. The van der Waals surface area contributed by atoms with Gasteiger partial charge in [0.15, 0.2) is 0 Å². The highest BCUT2D eigenvalue weighted by Gasteiger charge is 2.52. The molecule has 3 spiro atoms. The molecule has 224 valence electrons. The molecule has 6 fully saturated rings. The third-order valence-electron chi connectivity index (χ3n) is 13.2. The molecule has 39 heavy (non-hydrogen) atoms. The number of rotatable bonds is 7. The summed E-state index contributed by atoms with van der Waals surface area (Å²) in [7, 11) is 0. The van der Waals surface area contributed by atoms with E-state index in [0.717, 1.165) is 18.0 Å². The standard InChI is InChI=1S/C33H62N6/c1-26(2)39-17-10-31(25-39)9-16-35-30(22-31)29-23-34-24-32(29)11-18-37(19-12-32)27(3)6-7-28(4)38-20-13-33(14-21-38)8-5-15-36-33/h26-30,34-36H,5-25H2,1-4H3. The molecule has 5 unspecified atom stereocenters. The van der Waals surface area contributed by atoms with E-state index in [1.807, 2.05) is 0 Å². The van der Waals surface area contributed by atoms with Crippen molar-refractivity contribution in [1.82, 2.24) is 30.7 Å². The zero-order valence-electron chi connectivity index (χ0n) is 26.1. The third kappa shape index (κ3) is 5.99. The first-order valence-corrected chi connectivity index (χ1v) is 17.2. The molecule has 0 bridgehead atoms. The van der Waals surface area contributed by atoms with Crippen LogP contribution in [0.3, 0.4) is 0 Å². The van der Waals surface area contributed by atoms with Crippen LogP contribution in [0, 0.1) is 16.7 Å². The van der Waals surface area contributed by atoms with E-state index in [1.165, 1.54) is 136 Å². The van der Waals surface area contributed by atoms with Gasteiger partial charge in [0.25, 0.3) is 0 Å². The van der Waals surface area contributed by atoms with E-state index in [0.29, 0.717) is 28.5 Å². The van der Waals surface area contributed by atoms with E-state index in [-0.39, 0.29) is 0 Å². The molecule has 0 aromatic heterocycles. The monoisotopic (exact) mass is 543 g/mol. The van der Waals surface area contributed by atoms with E-state index in [4.69, 9.17) is 0 Å². The summed E-state index contributed by atoms with van der Waals surface area (Å²) in [5.41, 5.74) is 1.60. The van der Waals surface area contributed by atoms with Gasteiger partial charge in [-0.25, -0.2) is 0 Å². The molecule has 5 atom stereocenters. The fourth-order valence-corrected chi connectivity index (χ4v) is 10.1. The average Bonchev–Trinajstić information content (AvgIpc) is 3.68. The summed E-state index contributed by atoms with van der Waals surface area (Å²) in [4.78, 5) is 8.40. The molecule has 0 amide bonds. The van der Waals surface area contributed by atoms with Crippen LogP contribution in [-0.2, 0) is 0 Å². The Hall–Kier alpha value is -0.240. The van der Waals surface area contributed by atoms with Gasteiger partial charge in [0, 0.05) is 62.4 Å². The Balaban J connectivity index is 0.970. The summed E-state index contributed by atoms with van der Waals surface area (Å²) in [5.74, 6) is 0.817. The van der Waals surface area contributed by atoms with Crippen LogP contribution >= 0.6 is 0 Å². The highest BCUT2D eigenvalue weighted by atomic mass is 15.2. The van der Waals surface area contributed by atoms with Crippen molar-refractivity contribution in [3.63, 3.8) is 0 Å².